The molecule has 1 saturated heterocycles. The fourth-order valence-electron chi connectivity index (χ4n) is 3.41. The van der Waals surface area contributed by atoms with Crippen LogP contribution in [0.4, 0.5) is 11.8 Å². The van der Waals surface area contributed by atoms with E-state index in [1.165, 1.54) is 5.69 Å². The predicted molar refractivity (Wildman–Crippen MR) is 102 cm³/mol. The lowest BCUT2D eigenvalue weighted by Crippen LogP contribution is -2.37. The second kappa shape index (κ2) is 6.95. The Morgan fingerprint density at radius 2 is 2.08 bits per heavy atom. The van der Waals surface area contributed by atoms with Crippen LogP contribution in [0, 0.1) is 6.92 Å². The number of nitrogens with zero attached hydrogens (tertiary/aromatic N) is 6. The van der Waals surface area contributed by atoms with Crippen LogP contribution in [0.5, 0.6) is 0 Å². The lowest BCUT2D eigenvalue weighted by molar-refractivity contribution is 0.122. The molecule has 138 valence electrons. The van der Waals surface area contributed by atoms with E-state index in [4.69, 9.17) is 14.7 Å². The molecule has 4 heterocycles. The molecule has 0 aromatic carbocycles. The van der Waals surface area contributed by atoms with Crippen LogP contribution in [0.25, 0.3) is 11.0 Å². The minimum atomic E-state index is 0.714. The van der Waals surface area contributed by atoms with Gasteiger partial charge in [0, 0.05) is 38.6 Å². The number of nitrogens with one attached hydrogen (secondary N) is 1. The minimum absolute atomic E-state index is 0.714. The number of hydrogen-bond acceptors (Lipinski definition) is 6. The van der Waals surface area contributed by atoms with Crippen LogP contribution >= 0.6 is 0 Å². The third-order valence-corrected chi connectivity index (χ3v) is 4.75. The molecule has 8 nitrogen and oxygen atoms in total. The van der Waals surface area contributed by atoms with Crippen molar-refractivity contribution in [3.63, 3.8) is 0 Å². The van der Waals surface area contributed by atoms with E-state index in [-0.39, 0.29) is 0 Å². The van der Waals surface area contributed by atoms with Crippen molar-refractivity contribution in [2.75, 3.05) is 43.2 Å². The van der Waals surface area contributed by atoms with E-state index in [9.17, 15) is 0 Å². The molecule has 0 amide bonds. The molecule has 26 heavy (non-hydrogen) atoms. The van der Waals surface area contributed by atoms with Gasteiger partial charge >= 0.3 is 0 Å². The number of H-pyrrole nitrogens is 1. The second-order valence-electron chi connectivity index (χ2n) is 6.66. The van der Waals surface area contributed by atoms with Gasteiger partial charge in [0.1, 0.15) is 11.5 Å². The SMILES string of the molecule is CCn1nccc1CN(C)c1nc(N2CCOCC2)nc2[nH]c(C)cc12. The van der Waals surface area contributed by atoms with Crippen molar-refractivity contribution in [2.45, 2.75) is 26.9 Å². The number of morpholine rings is 1. The molecule has 3 aromatic heterocycles. The highest BCUT2D eigenvalue weighted by Gasteiger charge is 2.20. The van der Waals surface area contributed by atoms with Gasteiger partial charge in [-0.1, -0.05) is 0 Å². The van der Waals surface area contributed by atoms with Gasteiger partial charge in [0.25, 0.3) is 0 Å². The molecule has 0 bridgehead atoms. The van der Waals surface area contributed by atoms with Gasteiger partial charge in [-0.25, -0.2) is 0 Å². The molecule has 0 radical (unpaired) electrons. The van der Waals surface area contributed by atoms with Gasteiger partial charge < -0.3 is 19.5 Å². The Labute approximate surface area is 152 Å². The largest absolute Gasteiger partial charge is 0.378 e. The van der Waals surface area contributed by atoms with Crippen molar-refractivity contribution in [1.29, 1.82) is 0 Å². The molecule has 0 unspecified atom stereocenters. The van der Waals surface area contributed by atoms with E-state index in [1.54, 1.807) is 0 Å². The van der Waals surface area contributed by atoms with Crippen molar-refractivity contribution in [2.24, 2.45) is 0 Å². The van der Waals surface area contributed by atoms with E-state index in [1.807, 2.05) is 17.8 Å². The summed E-state index contributed by atoms with van der Waals surface area (Å²) in [4.78, 5) is 17.4. The topological polar surface area (TPSA) is 75.1 Å². The number of hydrogen-bond donors (Lipinski definition) is 1. The lowest BCUT2D eigenvalue weighted by atomic mass is 10.3. The van der Waals surface area contributed by atoms with Gasteiger partial charge in [-0.15, -0.1) is 0 Å². The molecule has 4 rings (SSSR count). The van der Waals surface area contributed by atoms with Gasteiger partial charge in [-0.2, -0.15) is 15.1 Å². The smallest absolute Gasteiger partial charge is 0.229 e. The summed E-state index contributed by atoms with van der Waals surface area (Å²) in [6.07, 6.45) is 1.85. The first kappa shape index (κ1) is 16.8. The van der Waals surface area contributed by atoms with Gasteiger partial charge in [0.05, 0.1) is 30.8 Å². The Balaban J connectivity index is 1.71. The number of anilines is 2. The summed E-state index contributed by atoms with van der Waals surface area (Å²) in [6.45, 7) is 8.81. The Morgan fingerprint density at radius 3 is 2.85 bits per heavy atom. The van der Waals surface area contributed by atoms with Crippen LogP contribution in [-0.2, 0) is 17.8 Å². The molecule has 0 atom stereocenters. The van der Waals surface area contributed by atoms with Crippen molar-refractivity contribution >= 4 is 22.8 Å². The monoisotopic (exact) mass is 355 g/mol. The van der Waals surface area contributed by atoms with Crippen LogP contribution in [0.1, 0.15) is 18.3 Å². The molecule has 1 fully saturated rings. The molecule has 0 aliphatic carbocycles. The van der Waals surface area contributed by atoms with Crippen LogP contribution < -0.4 is 9.80 Å². The normalized spacial score (nSPS) is 15.0. The Kier molecular flexibility index (Phi) is 4.50. The van der Waals surface area contributed by atoms with Crippen molar-refractivity contribution in [3.05, 3.63) is 29.7 Å². The summed E-state index contributed by atoms with van der Waals surface area (Å²) in [7, 11) is 2.07. The molecule has 8 heteroatoms. The Hall–Kier alpha value is -2.61. The first-order valence-corrected chi connectivity index (χ1v) is 9.07. The highest BCUT2D eigenvalue weighted by atomic mass is 16.5. The predicted octanol–water partition coefficient (Wildman–Crippen LogP) is 1.96. The molecule has 1 aliphatic rings. The first-order valence-electron chi connectivity index (χ1n) is 9.07. The first-order chi connectivity index (χ1) is 12.7. The van der Waals surface area contributed by atoms with Crippen molar-refractivity contribution in [1.82, 2.24) is 24.7 Å². The van der Waals surface area contributed by atoms with E-state index in [0.29, 0.717) is 13.2 Å². The number of fused-ring (bicyclic) bond motifs is 1. The number of aromatic nitrogens is 5. The fraction of sp³-hybridized carbons (Fsp3) is 0.500. The Bertz CT molecular complexity index is 894. The Morgan fingerprint density at radius 1 is 1.27 bits per heavy atom. The van der Waals surface area contributed by atoms with E-state index in [0.717, 1.165) is 54.7 Å². The van der Waals surface area contributed by atoms with Crippen LogP contribution in [0.3, 0.4) is 0 Å². The van der Waals surface area contributed by atoms with Gasteiger partial charge in [0.2, 0.25) is 5.95 Å². The maximum absolute atomic E-state index is 5.46. The molecular weight excluding hydrogens is 330 g/mol. The quantitative estimate of drug-likeness (QED) is 0.754. The lowest BCUT2D eigenvalue weighted by Gasteiger charge is -2.28. The van der Waals surface area contributed by atoms with E-state index < -0.39 is 0 Å². The summed E-state index contributed by atoms with van der Waals surface area (Å²) in [5, 5.41) is 5.41. The third kappa shape index (κ3) is 3.12. The fourth-order valence-corrected chi connectivity index (χ4v) is 3.41. The summed E-state index contributed by atoms with van der Waals surface area (Å²) in [5.74, 6) is 1.69. The third-order valence-electron chi connectivity index (χ3n) is 4.75. The van der Waals surface area contributed by atoms with E-state index in [2.05, 4.69) is 46.0 Å². The zero-order valence-electron chi connectivity index (χ0n) is 15.6. The van der Waals surface area contributed by atoms with Gasteiger partial charge in [-0.3, -0.25) is 4.68 Å². The summed E-state index contributed by atoms with van der Waals surface area (Å²) in [6, 6.07) is 4.17. The number of aryl methyl sites for hydroxylation is 2. The highest BCUT2D eigenvalue weighted by molar-refractivity contribution is 5.89. The summed E-state index contributed by atoms with van der Waals surface area (Å²) >= 11 is 0. The van der Waals surface area contributed by atoms with Gasteiger partial charge in [-0.05, 0) is 26.0 Å². The highest BCUT2D eigenvalue weighted by Crippen LogP contribution is 2.28. The number of aromatic amines is 1. The van der Waals surface area contributed by atoms with Crippen LogP contribution in [0.2, 0.25) is 0 Å². The molecule has 3 aromatic rings. The minimum Gasteiger partial charge on any atom is -0.378 e. The van der Waals surface area contributed by atoms with Crippen LogP contribution in [0.15, 0.2) is 18.3 Å². The maximum atomic E-state index is 5.46. The molecule has 0 saturated carbocycles. The second-order valence-corrected chi connectivity index (χ2v) is 6.66. The standard InChI is InChI=1S/C18H25N7O/c1-4-25-14(5-6-19-25)12-23(3)17-15-11-13(2)20-16(15)21-18(22-17)24-7-9-26-10-8-24/h5-6,11H,4,7-10,12H2,1-3H3,(H,20,21,22). The number of rotatable bonds is 5. The average molecular weight is 355 g/mol. The maximum Gasteiger partial charge on any atom is 0.229 e. The average Bonchev–Trinajstić information content (AvgIpc) is 3.26. The van der Waals surface area contributed by atoms with Crippen LogP contribution in [-0.4, -0.2) is 58.1 Å². The molecule has 1 aliphatic heterocycles. The summed E-state index contributed by atoms with van der Waals surface area (Å²) in [5.41, 5.74) is 3.13. The molecular formula is C18H25N7O. The van der Waals surface area contributed by atoms with Crippen molar-refractivity contribution < 1.29 is 4.74 Å². The zero-order chi connectivity index (χ0) is 18.1. The van der Waals surface area contributed by atoms with Crippen molar-refractivity contribution in [3.8, 4) is 0 Å². The zero-order valence-corrected chi connectivity index (χ0v) is 15.6. The van der Waals surface area contributed by atoms with E-state index >= 15 is 0 Å². The number of ether oxygens (including phenoxy) is 1. The molecule has 0 spiro atoms. The summed E-state index contributed by atoms with van der Waals surface area (Å²) < 4.78 is 7.48. The van der Waals surface area contributed by atoms with Gasteiger partial charge in [0.15, 0.2) is 0 Å². The molecule has 1 N–H and O–H groups in total.